The van der Waals surface area contributed by atoms with Crippen molar-refractivity contribution >= 4 is 17.6 Å². The fraction of sp³-hybridized carbons (Fsp3) is 0.414. The van der Waals surface area contributed by atoms with E-state index in [1.54, 1.807) is 9.58 Å². The molecular weight excluding hydrogens is 436 g/mol. The number of carbonyl (C=O) groups is 2. The lowest BCUT2D eigenvalue weighted by atomic mass is 9.88. The summed E-state index contributed by atoms with van der Waals surface area (Å²) in [6.07, 6.45) is 5.15. The molecule has 6 nitrogen and oxygen atoms in total. The molecule has 3 aromatic rings. The van der Waals surface area contributed by atoms with Crippen LogP contribution in [0.2, 0.25) is 0 Å². The van der Waals surface area contributed by atoms with Crippen LogP contribution in [0.25, 0.3) is 5.69 Å². The minimum Gasteiger partial charge on any atom is -0.329 e. The van der Waals surface area contributed by atoms with Crippen molar-refractivity contribution in [2.24, 2.45) is 5.92 Å². The lowest BCUT2D eigenvalue weighted by molar-refractivity contribution is -0.140. The summed E-state index contributed by atoms with van der Waals surface area (Å²) in [6.45, 7) is 6.73. The molecule has 0 radical (unpaired) electrons. The average molecular weight is 473 g/mol. The van der Waals surface area contributed by atoms with Crippen LogP contribution < -0.4 is 5.32 Å². The summed E-state index contributed by atoms with van der Waals surface area (Å²) in [4.78, 5) is 28.5. The van der Waals surface area contributed by atoms with Crippen LogP contribution in [-0.4, -0.2) is 33.0 Å². The molecule has 1 N–H and O–H groups in total. The Hall–Kier alpha value is -3.41. The first-order valence-electron chi connectivity index (χ1n) is 12.6. The van der Waals surface area contributed by atoms with Gasteiger partial charge in [0.25, 0.3) is 0 Å². The van der Waals surface area contributed by atoms with E-state index in [4.69, 9.17) is 5.10 Å². The van der Waals surface area contributed by atoms with Gasteiger partial charge in [0.1, 0.15) is 12.4 Å². The summed E-state index contributed by atoms with van der Waals surface area (Å²) < 4.78 is 1.77. The van der Waals surface area contributed by atoms with Gasteiger partial charge in [-0.25, -0.2) is 4.68 Å². The molecule has 2 amide bonds. The number of carbonyl (C=O) groups excluding carboxylic acids is 2. The summed E-state index contributed by atoms with van der Waals surface area (Å²) in [5.74, 6) is 0.469. The number of amides is 2. The van der Waals surface area contributed by atoms with Gasteiger partial charge in [0.2, 0.25) is 11.8 Å². The van der Waals surface area contributed by atoms with Crippen LogP contribution in [0.1, 0.15) is 64.1 Å². The molecule has 1 heterocycles. The zero-order valence-corrected chi connectivity index (χ0v) is 21.0. The molecule has 6 heteroatoms. The van der Waals surface area contributed by atoms with E-state index in [-0.39, 0.29) is 29.7 Å². The fourth-order valence-electron chi connectivity index (χ4n) is 4.58. The minimum atomic E-state index is -0.220. The molecule has 1 aromatic heterocycles. The van der Waals surface area contributed by atoms with Gasteiger partial charge in [-0.05, 0) is 30.5 Å². The van der Waals surface area contributed by atoms with Gasteiger partial charge in [-0.3, -0.25) is 9.59 Å². The lowest BCUT2D eigenvalue weighted by Crippen LogP contribution is -2.41. The van der Waals surface area contributed by atoms with Crippen molar-refractivity contribution in [3.63, 3.8) is 0 Å². The summed E-state index contributed by atoms with van der Waals surface area (Å²) in [7, 11) is 0. The summed E-state index contributed by atoms with van der Waals surface area (Å²) in [6, 6.07) is 21.6. The first-order valence-corrected chi connectivity index (χ1v) is 12.6. The molecule has 0 unspecified atom stereocenters. The van der Waals surface area contributed by atoms with Crippen LogP contribution in [0.4, 0.5) is 5.82 Å². The van der Waals surface area contributed by atoms with Gasteiger partial charge in [-0.15, -0.1) is 0 Å². The first kappa shape index (κ1) is 24.7. The molecule has 1 saturated carbocycles. The molecule has 1 aliphatic rings. The van der Waals surface area contributed by atoms with E-state index in [2.05, 4.69) is 26.1 Å². The number of benzene rings is 2. The van der Waals surface area contributed by atoms with E-state index < -0.39 is 0 Å². The molecule has 1 fully saturated rings. The van der Waals surface area contributed by atoms with E-state index in [9.17, 15) is 9.59 Å². The third-order valence-electron chi connectivity index (χ3n) is 6.56. The Morgan fingerprint density at radius 2 is 1.60 bits per heavy atom. The number of nitrogens with zero attached hydrogens (tertiary/aromatic N) is 3. The molecule has 0 saturated heterocycles. The quantitative estimate of drug-likeness (QED) is 0.478. The van der Waals surface area contributed by atoms with E-state index >= 15 is 0 Å². The summed E-state index contributed by atoms with van der Waals surface area (Å²) in [5.41, 5.74) is 2.61. The Morgan fingerprint density at radius 1 is 0.971 bits per heavy atom. The Kier molecular flexibility index (Phi) is 7.69. The van der Waals surface area contributed by atoms with Crippen LogP contribution in [0.3, 0.4) is 0 Å². The molecule has 35 heavy (non-hydrogen) atoms. The Morgan fingerprint density at radius 3 is 2.23 bits per heavy atom. The first-order chi connectivity index (χ1) is 16.8. The SMILES string of the molecule is CC(C)(C)c1cc(NC(=O)CN(Cc2ccccc2)C(=O)C2CCCCC2)n(-c2ccccc2)n1. The standard InChI is InChI=1S/C29H36N4O2/c1-29(2,3)25-19-26(33(31-25)24-17-11-6-12-18-24)30-27(34)21-32(20-22-13-7-4-8-14-22)28(35)23-15-9-5-10-16-23/h4,6-8,11-14,17-19,23H,5,9-10,15-16,20-21H2,1-3H3,(H,30,34). The third-order valence-corrected chi connectivity index (χ3v) is 6.56. The van der Waals surface area contributed by atoms with Gasteiger partial charge >= 0.3 is 0 Å². The van der Waals surface area contributed by atoms with Gasteiger partial charge in [0.05, 0.1) is 11.4 Å². The second-order valence-electron chi connectivity index (χ2n) is 10.5. The van der Waals surface area contributed by atoms with Gasteiger partial charge < -0.3 is 10.2 Å². The van der Waals surface area contributed by atoms with Gasteiger partial charge in [0.15, 0.2) is 0 Å². The predicted octanol–water partition coefficient (Wildman–Crippen LogP) is 5.72. The number of hydrogen-bond acceptors (Lipinski definition) is 3. The van der Waals surface area contributed by atoms with Crippen molar-refractivity contribution in [1.29, 1.82) is 0 Å². The Bertz CT molecular complexity index is 1130. The lowest BCUT2D eigenvalue weighted by Gasteiger charge is -2.29. The van der Waals surface area contributed by atoms with Crippen molar-refractivity contribution in [2.45, 2.75) is 64.8 Å². The number of rotatable bonds is 7. The molecule has 0 spiro atoms. The topological polar surface area (TPSA) is 67.2 Å². The highest BCUT2D eigenvalue weighted by Gasteiger charge is 2.28. The van der Waals surface area contributed by atoms with Crippen molar-refractivity contribution in [1.82, 2.24) is 14.7 Å². The summed E-state index contributed by atoms with van der Waals surface area (Å²) in [5, 5.41) is 7.82. The van der Waals surface area contributed by atoms with Crippen LogP contribution >= 0.6 is 0 Å². The van der Waals surface area contributed by atoms with Crippen LogP contribution in [-0.2, 0) is 21.5 Å². The molecule has 4 rings (SSSR count). The molecule has 0 bridgehead atoms. The Balaban J connectivity index is 1.56. The zero-order valence-electron chi connectivity index (χ0n) is 21.0. The maximum atomic E-state index is 13.4. The number of anilines is 1. The second kappa shape index (κ2) is 10.9. The fourth-order valence-corrected chi connectivity index (χ4v) is 4.58. The smallest absolute Gasteiger partial charge is 0.245 e. The van der Waals surface area contributed by atoms with E-state index in [0.717, 1.165) is 42.6 Å². The minimum absolute atomic E-state index is 0.00241. The summed E-state index contributed by atoms with van der Waals surface area (Å²) >= 11 is 0. The van der Waals surface area contributed by atoms with Gasteiger partial charge in [-0.2, -0.15) is 5.10 Å². The van der Waals surface area contributed by atoms with Crippen molar-refractivity contribution in [3.8, 4) is 5.69 Å². The van der Waals surface area contributed by atoms with Crippen LogP contribution in [0, 0.1) is 5.92 Å². The molecular formula is C29H36N4O2. The molecule has 0 atom stereocenters. The molecule has 2 aromatic carbocycles. The maximum Gasteiger partial charge on any atom is 0.245 e. The molecule has 0 aliphatic heterocycles. The van der Waals surface area contributed by atoms with Crippen LogP contribution in [0.5, 0.6) is 0 Å². The van der Waals surface area contributed by atoms with Gasteiger partial charge in [0, 0.05) is 23.9 Å². The number of para-hydroxylation sites is 1. The van der Waals surface area contributed by atoms with E-state index in [1.165, 1.54) is 6.42 Å². The second-order valence-corrected chi connectivity index (χ2v) is 10.5. The van der Waals surface area contributed by atoms with E-state index in [1.807, 2.05) is 66.7 Å². The number of nitrogens with one attached hydrogen (secondary N) is 1. The van der Waals surface area contributed by atoms with Crippen molar-refractivity contribution in [3.05, 3.63) is 78.0 Å². The highest BCUT2D eigenvalue weighted by atomic mass is 16.2. The predicted molar refractivity (Wildman–Crippen MR) is 139 cm³/mol. The normalized spacial score (nSPS) is 14.5. The largest absolute Gasteiger partial charge is 0.329 e. The van der Waals surface area contributed by atoms with Gasteiger partial charge in [-0.1, -0.05) is 88.6 Å². The Labute approximate surface area is 208 Å². The highest BCUT2D eigenvalue weighted by molar-refractivity contribution is 5.94. The van der Waals surface area contributed by atoms with Crippen molar-refractivity contribution in [2.75, 3.05) is 11.9 Å². The number of hydrogen-bond donors (Lipinski definition) is 1. The monoisotopic (exact) mass is 472 g/mol. The van der Waals surface area contributed by atoms with E-state index in [0.29, 0.717) is 12.4 Å². The highest BCUT2D eigenvalue weighted by Crippen LogP contribution is 2.28. The maximum absolute atomic E-state index is 13.4. The third kappa shape index (κ3) is 6.38. The molecule has 184 valence electrons. The molecule has 1 aliphatic carbocycles. The van der Waals surface area contributed by atoms with Crippen molar-refractivity contribution < 1.29 is 9.59 Å². The average Bonchev–Trinajstić information content (AvgIpc) is 3.29. The number of aromatic nitrogens is 2. The zero-order chi connectivity index (χ0) is 24.8. The van der Waals surface area contributed by atoms with Crippen LogP contribution in [0.15, 0.2) is 66.7 Å².